The van der Waals surface area contributed by atoms with Crippen molar-refractivity contribution in [1.29, 1.82) is 0 Å². The first-order valence-corrected chi connectivity index (χ1v) is 14.8. The van der Waals surface area contributed by atoms with Crippen molar-refractivity contribution in [3.05, 3.63) is 118 Å². The molecule has 0 unspecified atom stereocenters. The molecule has 0 bridgehead atoms. The smallest absolute Gasteiger partial charge is 0.270 e. The zero-order valence-electron chi connectivity index (χ0n) is 22.3. The molecule has 6 rings (SSSR count). The number of benzene rings is 3. The second kappa shape index (κ2) is 11.4. The lowest BCUT2D eigenvalue weighted by atomic mass is 10.1. The lowest BCUT2D eigenvalue weighted by Gasteiger charge is -2.36. The Labute approximate surface area is 261 Å². The van der Waals surface area contributed by atoms with Crippen LogP contribution in [-0.4, -0.2) is 21.9 Å². The van der Waals surface area contributed by atoms with Gasteiger partial charge in [-0.05, 0) is 104 Å². The molecule has 0 radical (unpaired) electrons. The third-order valence-electron chi connectivity index (χ3n) is 6.77. The third kappa shape index (κ3) is 5.23. The van der Waals surface area contributed by atoms with E-state index < -0.39 is 11.8 Å². The second-order valence-corrected chi connectivity index (χ2v) is 11.8. The summed E-state index contributed by atoms with van der Waals surface area (Å²) in [6.45, 7) is 3.72. The molecule has 2 aromatic heterocycles. The Balaban J connectivity index is 1.40. The summed E-state index contributed by atoms with van der Waals surface area (Å²) in [4.78, 5) is 35.8. The Kier molecular flexibility index (Phi) is 7.64. The number of halogens is 2. The molecular weight excluding hydrogens is 609 g/mol. The monoisotopic (exact) mass is 629 g/mol. The summed E-state index contributed by atoms with van der Waals surface area (Å²) in [5.41, 5.74) is 3.27. The summed E-state index contributed by atoms with van der Waals surface area (Å²) < 4.78 is 6.06. The maximum absolute atomic E-state index is 13.9. The van der Waals surface area contributed by atoms with Crippen LogP contribution in [0.2, 0.25) is 10.0 Å². The van der Waals surface area contributed by atoms with E-state index in [1.165, 1.54) is 27.6 Å². The molecule has 6 nitrogen and oxygen atoms in total. The molecule has 0 aliphatic carbocycles. The van der Waals surface area contributed by atoms with E-state index in [0.29, 0.717) is 32.3 Å². The fourth-order valence-electron chi connectivity index (χ4n) is 4.50. The van der Waals surface area contributed by atoms with E-state index in [4.69, 9.17) is 39.8 Å². The molecule has 1 aliphatic heterocycles. The number of aromatic nitrogens is 1. The van der Waals surface area contributed by atoms with Crippen LogP contribution in [0, 0.1) is 13.8 Å². The number of carbonyl (C=O) groups excluding carboxylic acids is 2. The van der Waals surface area contributed by atoms with Crippen LogP contribution in [0.25, 0.3) is 17.0 Å². The van der Waals surface area contributed by atoms with Crippen molar-refractivity contribution < 1.29 is 14.0 Å². The van der Waals surface area contributed by atoms with Gasteiger partial charge in [0.15, 0.2) is 10.2 Å². The van der Waals surface area contributed by atoms with Crippen LogP contribution in [-0.2, 0) is 9.59 Å². The van der Waals surface area contributed by atoms with E-state index in [-0.39, 0.29) is 10.7 Å². The number of aryl methyl sites for hydroxylation is 2. The quantitative estimate of drug-likeness (QED) is 0.110. The molecule has 1 fully saturated rings. The number of anilines is 2. The van der Waals surface area contributed by atoms with Crippen LogP contribution < -0.4 is 9.80 Å². The Bertz CT molecular complexity index is 1870. The molecule has 0 atom stereocenters. The van der Waals surface area contributed by atoms with Gasteiger partial charge in [-0.25, -0.2) is 0 Å². The lowest BCUT2D eigenvalue weighted by molar-refractivity contribution is -0.120. The number of nitrogens with zero attached hydrogens (tertiary/aromatic N) is 3. The molecule has 0 N–H and O–H groups in total. The standard InChI is InChI=1S/C32H21Cl2N3O3S2/c1-18-8-10-21(15-25(18)33)36-30(38)24(31(39)37(32(36)41)22-11-9-19(2)26(34)16-22)17-23-12-13-28(40-23)42-27-7-3-5-20-6-4-14-35-29(20)27/h3-17H,1-2H3. The Morgan fingerprint density at radius 2 is 1.45 bits per heavy atom. The van der Waals surface area contributed by atoms with E-state index in [1.807, 2.05) is 44.2 Å². The number of carbonyl (C=O) groups is 2. The van der Waals surface area contributed by atoms with Gasteiger partial charge in [0.1, 0.15) is 11.3 Å². The first-order valence-electron chi connectivity index (χ1n) is 12.8. The number of rotatable bonds is 5. The molecule has 2 amide bonds. The van der Waals surface area contributed by atoms with E-state index in [9.17, 15) is 9.59 Å². The molecule has 3 aromatic carbocycles. The zero-order valence-corrected chi connectivity index (χ0v) is 25.4. The minimum Gasteiger partial charge on any atom is -0.450 e. The van der Waals surface area contributed by atoms with Gasteiger partial charge < -0.3 is 4.42 Å². The van der Waals surface area contributed by atoms with E-state index in [2.05, 4.69) is 4.98 Å². The van der Waals surface area contributed by atoms with Crippen molar-refractivity contribution in [2.45, 2.75) is 23.8 Å². The summed E-state index contributed by atoms with van der Waals surface area (Å²) in [6.07, 6.45) is 3.18. The van der Waals surface area contributed by atoms with Gasteiger partial charge in [0.2, 0.25) is 0 Å². The fraction of sp³-hybridized carbons (Fsp3) is 0.0625. The SMILES string of the molecule is Cc1ccc(N2C(=O)C(=Cc3ccc(Sc4cccc5cccnc45)o3)C(=O)N(c3ccc(C)c(Cl)c3)C2=S)cc1Cl. The average molecular weight is 631 g/mol. The van der Waals surface area contributed by atoms with Gasteiger partial charge in [-0.3, -0.25) is 24.4 Å². The van der Waals surface area contributed by atoms with Crippen molar-refractivity contribution in [3.63, 3.8) is 0 Å². The van der Waals surface area contributed by atoms with Crippen molar-refractivity contribution in [1.82, 2.24) is 4.98 Å². The minimum atomic E-state index is -0.594. The van der Waals surface area contributed by atoms with Crippen LogP contribution in [0.3, 0.4) is 0 Å². The average Bonchev–Trinajstić information content (AvgIpc) is 3.42. The van der Waals surface area contributed by atoms with Crippen LogP contribution in [0.5, 0.6) is 0 Å². The van der Waals surface area contributed by atoms with Crippen molar-refractivity contribution in [2.75, 3.05) is 9.80 Å². The van der Waals surface area contributed by atoms with Crippen LogP contribution in [0.15, 0.2) is 105 Å². The number of fused-ring (bicyclic) bond motifs is 1. The summed E-state index contributed by atoms with van der Waals surface area (Å²) >= 11 is 19.9. The normalized spacial score (nSPS) is 13.8. The van der Waals surface area contributed by atoms with Crippen LogP contribution in [0.4, 0.5) is 11.4 Å². The number of para-hydroxylation sites is 1. The lowest BCUT2D eigenvalue weighted by Crippen LogP contribution is -2.57. The number of hydrogen-bond donors (Lipinski definition) is 0. The van der Waals surface area contributed by atoms with Gasteiger partial charge >= 0.3 is 0 Å². The highest BCUT2D eigenvalue weighted by molar-refractivity contribution is 7.99. The summed E-state index contributed by atoms with van der Waals surface area (Å²) in [5.74, 6) is -0.856. The molecular formula is C32H21Cl2N3O3S2. The molecule has 1 saturated heterocycles. The molecule has 208 valence electrons. The highest BCUT2D eigenvalue weighted by atomic mass is 35.5. The minimum absolute atomic E-state index is 0.0128. The topological polar surface area (TPSA) is 66.7 Å². The van der Waals surface area contributed by atoms with Crippen molar-refractivity contribution in [3.8, 4) is 0 Å². The maximum Gasteiger partial charge on any atom is 0.270 e. The zero-order chi connectivity index (χ0) is 29.5. The number of hydrogen-bond acceptors (Lipinski definition) is 6. The first kappa shape index (κ1) is 28.2. The summed E-state index contributed by atoms with van der Waals surface area (Å²) in [5, 5.41) is 2.51. The van der Waals surface area contributed by atoms with Gasteiger partial charge in [-0.2, -0.15) is 0 Å². The Morgan fingerprint density at radius 3 is 2.07 bits per heavy atom. The van der Waals surface area contributed by atoms with Gasteiger partial charge in [0.25, 0.3) is 11.8 Å². The van der Waals surface area contributed by atoms with E-state index >= 15 is 0 Å². The molecule has 0 spiro atoms. The number of thiocarbonyl (C=S) groups is 1. The summed E-state index contributed by atoms with van der Waals surface area (Å²) in [6, 6.07) is 23.6. The van der Waals surface area contributed by atoms with E-state index in [1.54, 1.807) is 54.7 Å². The molecule has 1 aliphatic rings. The Morgan fingerprint density at radius 1 is 0.833 bits per heavy atom. The molecule has 3 heterocycles. The highest BCUT2D eigenvalue weighted by Crippen LogP contribution is 2.36. The number of pyridine rings is 1. The van der Waals surface area contributed by atoms with Gasteiger partial charge in [-0.15, -0.1) is 0 Å². The molecule has 10 heteroatoms. The fourth-order valence-corrected chi connectivity index (χ4v) is 6.13. The maximum atomic E-state index is 13.9. The van der Waals surface area contributed by atoms with Crippen LogP contribution in [0.1, 0.15) is 16.9 Å². The first-order chi connectivity index (χ1) is 20.2. The predicted molar refractivity (Wildman–Crippen MR) is 172 cm³/mol. The van der Waals surface area contributed by atoms with Crippen molar-refractivity contribution >= 4 is 92.5 Å². The molecule has 0 saturated carbocycles. The number of amides is 2. The highest BCUT2D eigenvalue weighted by Gasteiger charge is 2.41. The second-order valence-electron chi connectivity index (χ2n) is 9.58. The Hall–Kier alpha value is -3.95. The van der Waals surface area contributed by atoms with Gasteiger partial charge in [0.05, 0.1) is 16.9 Å². The number of furan rings is 1. The molecule has 42 heavy (non-hydrogen) atoms. The van der Waals surface area contributed by atoms with E-state index in [0.717, 1.165) is 26.9 Å². The van der Waals surface area contributed by atoms with Crippen LogP contribution >= 0.6 is 47.2 Å². The van der Waals surface area contributed by atoms with Gasteiger partial charge in [-0.1, -0.05) is 53.5 Å². The summed E-state index contributed by atoms with van der Waals surface area (Å²) in [7, 11) is 0. The largest absolute Gasteiger partial charge is 0.450 e. The van der Waals surface area contributed by atoms with Crippen molar-refractivity contribution in [2.24, 2.45) is 0 Å². The third-order valence-corrected chi connectivity index (χ3v) is 8.92. The predicted octanol–water partition coefficient (Wildman–Crippen LogP) is 8.65. The van der Waals surface area contributed by atoms with Gasteiger partial charge in [0, 0.05) is 26.5 Å². The molecule has 5 aromatic rings.